The lowest BCUT2D eigenvalue weighted by molar-refractivity contribution is -0.142. The molecule has 0 aliphatic carbocycles. The van der Waals surface area contributed by atoms with Gasteiger partial charge in [0, 0.05) is 44.9 Å². The van der Waals surface area contributed by atoms with E-state index in [4.69, 9.17) is 14.5 Å². The van der Waals surface area contributed by atoms with Gasteiger partial charge in [0.2, 0.25) is 0 Å². The van der Waals surface area contributed by atoms with Crippen LogP contribution in [-0.2, 0) is 9.53 Å². The number of rotatable bonds is 7. The van der Waals surface area contributed by atoms with Crippen molar-refractivity contribution < 1.29 is 14.3 Å². The zero-order valence-electron chi connectivity index (χ0n) is 19.3. The summed E-state index contributed by atoms with van der Waals surface area (Å²) in [4.78, 5) is 23.9. The minimum absolute atomic E-state index is 0.104. The van der Waals surface area contributed by atoms with Gasteiger partial charge in [-0.1, -0.05) is 18.2 Å². The molecule has 3 rings (SSSR count). The topological polar surface area (TPSA) is 69.6 Å². The Morgan fingerprint density at radius 1 is 1.26 bits per heavy atom. The van der Waals surface area contributed by atoms with Crippen LogP contribution in [0.4, 0.5) is 0 Å². The predicted molar refractivity (Wildman–Crippen MR) is 123 cm³/mol. The van der Waals surface area contributed by atoms with E-state index in [9.17, 15) is 4.79 Å². The summed E-state index contributed by atoms with van der Waals surface area (Å²) >= 11 is 0. The van der Waals surface area contributed by atoms with Crippen LogP contribution in [0.15, 0.2) is 29.3 Å². The lowest BCUT2D eigenvalue weighted by atomic mass is 10.0. The molecule has 1 aromatic rings. The maximum absolute atomic E-state index is 12.6. The number of methoxy groups -OCH3 is 1. The molecule has 2 saturated heterocycles. The monoisotopic (exact) mass is 431 g/mol. The third-order valence-electron chi connectivity index (χ3n) is 5.97. The van der Waals surface area contributed by atoms with Gasteiger partial charge in [0.05, 0.1) is 19.7 Å². The molecule has 8 heteroatoms. The molecule has 2 atom stereocenters. The summed E-state index contributed by atoms with van der Waals surface area (Å²) in [6, 6.07) is 8.21. The van der Waals surface area contributed by atoms with Crippen molar-refractivity contribution in [2.45, 2.75) is 31.9 Å². The fourth-order valence-corrected chi connectivity index (χ4v) is 4.19. The molecule has 0 saturated carbocycles. The number of carbonyl (C=O) groups excluding carboxylic acids is 1. The van der Waals surface area contributed by atoms with Gasteiger partial charge in [-0.15, -0.1) is 0 Å². The first kappa shape index (κ1) is 23.3. The van der Waals surface area contributed by atoms with Gasteiger partial charge in [-0.25, -0.2) is 0 Å². The van der Waals surface area contributed by atoms with Crippen molar-refractivity contribution in [3.63, 3.8) is 0 Å². The van der Waals surface area contributed by atoms with Crippen molar-refractivity contribution in [3.8, 4) is 5.75 Å². The standard InChI is InChI=1S/C23H37N5O3/c1-5-24-23(25-17-19(26(2)3)18-9-6-7-10-20(18)30-4)28-14-12-27(13-15-28)22(29)21-11-8-16-31-21/h6-7,9-10,19,21H,5,8,11-17H2,1-4H3,(H,24,25). The molecular formula is C23H37N5O3. The van der Waals surface area contributed by atoms with E-state index >= 15 is 0 Å². The van der Waals surface area contributed by atoms with Crippen LogP contribution in [0.1, 0.15) is 31.4 Å². The lowest BCUT2D eigenvalue weighted by Gasteiger charge is -2.37. The fourth-order valence-electron chi connectivity index (χ4n) is 4.19. The summed E-state index contributed by atoms with van der Waals surface area (Å²) < 4.78 is 11.1. The number of nitrogens with one attached hydrogen (secondary N) is 1. The zero-order valence-corrected chi connectivity index (χ0v) is 19.3. The highest BCUT2D eigenvalue weighted by atomic mass is 16.5. The number of nitrogens with zero attached hydrogens (tertiary/aromatic N) is 4. The minimum Gasteiger partial charge on any atom is -0.496 e. The highest BCUT2D eigenvalue weighted by Crippen LogP contribution is 2.28. The molecule has 172 valence electrons. The predicted octanol–water partition coefficient (Wildman–Crippen LogP) is 1.59. The number of guanidine groups is 1. The molecular weight excluding hydrogens is 394 g/mol. The number of hydrogen-bond donors (Lipinski definition) is 1. The third kappa shape index (κ3) is 5.89. The minimum atomic E-state index is -0.241. The number of likely N-dealkylation sites (N-methyl/N-ethyl adjacent to an activating group) is 1. The summed E-state index contributed by atoms with van der Waals surface area (Å²) in [6.45, 7) is 7.14. The van der Waals surface area contributed by atoms with Gasteiger partial charge in [-0.05, 0) is 39.9 Å². The van der Waals surface area contributed by atoms with Crippen LogP contribution < -0.4 is 10.1 Å². The Labute approximate surface area is 186 Å². The smallest absolute Gasteiger partial charge is 0.251 e. The van der Waals surface area contributed by atoms with Crippen molar-refractivity contribution in [3.05, 3.63) is 29.8 Å². The number of amides is 1. The van der Waals surface area contributed by atoms with Gasteiger partial charge in [0.15, 0.2) is 5.96 Å². The quantitative estimate of drug-likeness (QED) is 0.522. The molecule has 2 unspecified atom stereocenters. The molecule has 0 radical (unpaired) electrons. The van der Waals surface area contributed by atoms with Crippen LogP contribution in [0.2, 0.25) is 0 Å². The van der Waals surface area contributed by atoms with Crippen molar-refractivity contribution in [1.82, 2.24) is 20.0 Å². The first-order chi connectivity index (χ1) is 15.0. The number of carbonyl (C=O) groups is 1. The zero-order chi connectivity index (χ0) is 22.2. The summed E-state index contributed by atoms with van der Waals surface area (Å²) in [6.07, 6.45) is 1.58. The average molecular weight is 432 g/mol. The number of piperazine rings is 1. The van der Waals surface area contributed by atoms with Gasteiger partial charge < -0.3 is 29.5 Å². The molecule has 1 N–H and O–H groups in total. The highest BCUT2D eigenvalue weighted by molar-refractivity contribution is 5.83. The normalized spacial score (nSPS) is 20.8. The third-order valence-corrected chi connectivity index (χ3v) is 5.97. The van der Waals surface area contributed by atoms with Crippen LogP contribution in [0.25, 0.3) is 0 Å². The van der Waals surface area contributed by atoms with Gasteiger partial charge in [0.25, 0.3) is 5.91 Å². The molecule has 8 nitrogen and oxygen atoms in total. The van der Waals surface area contributed by atoms with Crippen molar-refractivity contribution >= 4 is 11.9 Å². The van der Waals surface area contributed by atoms with Crippen LogP contribution in [0.3, 0.4) is 0 Å². The van der Waals surface area contributed by atoms with E-state index in [-0.39, 0.29) is 18.1 Å². The fraction of sp³-hybridized carbons (Fsp3) is 0.652. The summed E-state index contributed by atoms with van der Waals surface area (Å²) in [5.74, 6) is 1.92. The molecule has 31 heavy (non-hydrogen) atoms. The Balaban J connectivity index is 1.66. The molecule has 0 bridgehead atoms. The maximum Gasteiger partial charge on any atom is 0.251 e. The summed E-state index contributed by atoms with van der Waals surface area (Å²) in [5.41, 5.74) is 1.13. The van der Waals surface area contributed by atoms with Gasteiger partial charge in [0.1, 0.15) is 11.9 Å². The second kappa shape index (κ2) is 11.3. The molecule has 2 aliphatic heterocycles. The van der Waals surface area contributed by atoms with Gasteiger partial charge in [-0.3, -0.25) is 9.79 Å². The van der Waals surface area contributed by atoms with Gasteiger partial charge >= 0.3 is 0 Å². The van der Waals surface area contributed by atoms with Crippen LogP contribution >= 0.6 is 0 Å². The molecule has 1 amide bonds. The van der Waals surface area contributed by atoms with Crippen molar-refractivity contribution in [1.29, 1.82) is 0 Å². The largest absolute Gasteiger partial charge is 0.496 e. The first-order valence-corrected chi connectivity index (χ1v) is 11.3. The van der Waals surface area contributed by atoms with Crippen molar-refractivity contribution in [2.24, 2.45) is 4.99 Å². The number of para-hydroxylation sites is 1. The summed E-state index contributed by atoms with van der Waals surface area (Å²) in [5, 5.41) is 3.42. The average Bonchev–Trinajstić information content (AvgIpc) is 3.33. The Morgan fingerprint density at radius 3 is 2.58 bits per heavy atom. The van der Waals surface area contributed by atoms with E-state index in [0.717, 1.165) is 49.7 Å². The van der Waals surface area contributed by atoms with E-state index in [2.05, 4.69) is 42.2 Å². The van der Waals surface area contributed by atoms with E-state index in [0.29, 0.717) is 26.2 Å². The van der Waals surface area contributed by atoms with Crippen LogP contribution in [-0.4, -0.2) is 99.8 Å². The Morgan fingerprint density at radius 2 is 1.97 bits per heavy atom. The van der Waals surface area contributed by atoms with E-state index in [1.165, 1.54) is 0 Å². The highest BCUT2D eigenvalue weighted by Gasteiger charge is 2.31. The summed E-state index contributed by atoms with van der Waals surface area (Å²) in [7, 11) is 5.83. The molecule has 2 heterocycles. The van der Waals surface area contributed by atoms with Gasteiger partial charge in [-0.2, -0.15) is 0 Å². The second-order valence-corrected chi connectivity index (χ2v) is 8.23. The van der Waals surface area contributed by atoms with Crippen LogP contribution in [0, 0.1) is 0 Å². The lowest BCUT2D eigenvalue weighted by Crippen LogP contribution is -2.55. The Bertz CT molecular complexity index is 740. The first-order valence-electron chi connectivity index (χ1n) is 11.3. The van der Waals surface area contributed by atoms with E-state index in [1.54, 1.807) is 7.11 Å². The molecule has 0 spiro atoms. The Hall–Kier alpha value is -2.32. The van der Waals surface area contributed by atoms with E-state index in [1.807, 2.05) is 23.1 Å². The molecule has 1 aromatic carbocycles. The maximum atomic E-state index is 12.6. The number of hydrogen-bond acceptors (Lipinski definition) is 5. The SMILES string of the molecule is CCNC(=NCC(c1ccccc1OC)N(C)C)N1CCN(C(=O)C2CCCO2)CC1. The van der Waals surface area contributed by atoms with Crippen LogP contribution in [0.5, 0.6) is 5.75 Å². The van der Waals surface area contributed by atoms with Crippen molar-refractivity contribution in [2.75, 3.05) is 67.1 Å². The number of benzene rings is 1. The second-order valence-electron chi connectivity index (χ2n) is 8.23. The number of ether oxygens (including phenoxy) is 2. The molecule has 0 aromatic heterocycles. The Kier molecular flexibility index (Phi) is 8.54. The molecule has 2 fully saturated rings. The van der Waals surface area contributed by atoms with E-state index < -0.39 is 0 Å². The molecule has 2 aliphatic rings. The number of aliphatic imine (C=N–C) groups is 1.